The van der Waals surface area contributed by atoms with Crippen molar-refractivity contribution in [2.75, 3.05) is 14.2 Å². The number of nitrogens with zero attached hydrogens (tertiary/aromatic N) is 6. The molecule has 0 spiro atoms. The van der Waals surface area contributed by atoms with E-state index in [-0.39, 0.29) is 0 Å². The van der Waals surface area contributed by atoms with Gasteiger partial charge < -0.3 is 9.47 Å². The van der Waals surface area contributed by atoms with Gasteiger partial charge in [0.1, 0.15) is 17.2 Å². The highest BCUT2D eigenvalue weighted by atomic mass is 32.2. The molecule has 0 unspecified atom stereocenters. The number of ether oxygens (including phenoxy) is 2. The first-order chi connectivity index (χ1) is 11.7. The SMILES string of the molecule is COc1ccc(OC)c(-n2nnnc2SCc2cnc(C)cn2)c1. The Hall–Kier alpha value is -2.68. The summed E-state index contributed by atoms with van der Waals surface area (Å²) in [5.41, 5.74) is 2.45. The lowest BCUT2D eigenvalue weighted by atomic mass is 10.3. The molecule has 0 amide bonds. The van der Waals surface area contributed by atoms with E-state index in [4.69, 9.17) is 9.47 Å². The standard InChI is InChI=1S/C15H16N6O2S/c1-10-7-17-11(8-16-10)9-24-15-18-19-20-21(15)13-6-12(22-2)4-5-14(13)23-3/h4-8H,9H2,1-3H3. The number of benzene rings is 1. The van der Waals surface area contributed by atoms with Crippen molar-refractivity contribution in [2.45, 2.75) is 17.8 Å². The van der Waals surface area contributed by atoms with Gasteiger partial charge in [-0.1, -0.05) is 11.8 Å². The summed E-state index contributed by atoms with van der Waals surface area (Å²) in [6.45, 7) is 1.90. The molecule has 0 atom stereocenters. The van der Waals surface area contributed by atoms with Crippen LogP contribution in [0.4, 0.5) is 0 Å². The second kappa shape index (κ2) is 7.26. The molecule has 124 valence electrons. The number of hydrogen-bond donors (Lipinski definition) is 0. The molecule has 0 fully saturated rings. The summed E-state index contributed by atoms with van der Waals surface area (Å²) in [6.07, 6.45) is 3.49. The number of aromatic nitrogens is 6. The molecule has 0 radical (unpaired) electrons. The molecule has 0 aliphatic carbocycles. The lowest BCUT2D eigenvalue weighted by Crippen LogP contribution is -2.03. The number of aryl methyl sites for hydroxylation is 1. The Morgan fingerprint density at radius 3 is 2.71 bits per heavy atom. The monoisotopic (exact) mass is 344 g/mol. The summed E-state index contributed by atoms with van der Waals surface area (Å²) in [7, 11) is 3.21. The normalized spacial score (nSPS) is 10.6. The van der Waals surface area contributed by atoms with Crippen molar-refractivity contribution in [1.29, 1.82) is 0 Å². The summed E-state index contributed by atoms with van der Waals surface area (Å²) in [5.74, 6) is 1.96. The summed E-state index contributed by atoms with van der Waals surface area (Å²) in [5, 5.41) is 12.5. The van der Waals surface area contributed by atoms with Crippen LogP contribution in [0.3, 0.4) is 0 Å². The summed E-state index contributed by atoms with van der Waals surface area (Å²) < 4.78 is 12.3. The highest BCUT2D eigenvalue weighted by Gasteiger charge is 2.15. The average Bonchev–Trinajstić information content (AvgIpc) is 3.09. The number of thioether (sulfide) groups is 1. The van der Waals surface area contributed by atoms with Gasteiger partial charge in [0, 0.05) is 24.2 Å². The van der Waals surface area contributed by atoms with Gasteiger partial charge in [0.15, 0.2) is 0 Å². The van der Waals surface area contributed by atoms with E-state index in [1.807, 2.05) is 25.1 Å². The van der Waals surface area contributed by atoms with E-state index >= 15 is 0 Å². The Bertz CT molecular complexity index is 821. The average molecular weight is 344 g/mol. The molecule has 0 aliphatic heterocycles. The van der Waals surface area contributed by atoms with Crippen LogP contribution < -0.4 is 9.47 Å². The first-order valence-electron chi connectivity index (χ1n) is 7.12. The van der Waals surface area contributed by atoms with Crippen LogP contribution in [-0.2, 0) is 5.75 Å². The van der Waals surface area contributed by atoms with E-state index in [1.165, 1.54) is 11.8 Å². The van der Waals surface area contributed by atoms with Gasteiger partial charge in [-0.15, -0.1) is 5.10 Å². The topological polar surface area (TPSA) is 87.8 Å². The minimum absolute atomic E-state index is 0.611. The molecule has 0 N–H and O–H groups in total. The fourth-order valence-electron chi connectivity index (χ4n) is 2.01. The molecule has 8 nitrogen and oxygen atoms in total. The van der Waals surface area contributed by atoms with Gasteiger partial charge in [-0.05, 0) is 29.5 Å². The van der Waals surface area contributed by atoms with E-state index in [2.05, 4.69) is 25.5 Å². The Morgan fingerprint density at radius 1 is 1.12 bits per heavy atom. The van der Waals surface area contributed by atoms with Gasteiger partial charge in [-0.3, -0.25) is 9.97 Å². The third kappa shape index (κ3) is 3.46. The zero-order valence-corrected chi connectivity index (χ0v) is 14.3. The van der Waals surface area contributed by atoms with Crippen molar-refractivity contribution >= 4 is 11.8 Å². The Balaban J connectivity index is 1.86. The largest absolute Gasteiger partial charge is 0.497 e. The lowest BCUT2D eigenvalue weighted by Gasteiger charge is -2.11. The van der Waals surface area contributed by atoms with Crippen LogP contribution in [0, 0.1) is 6.92 Å². The molecule has 24 heavy (non-hydrogen) atoms. The first kappa shape index (κ1) is 16.2. The van der Waals surface area contributed by atoms with Crippen molar-refractivity contribution in [1.82, 2.24) is 30.2 Å². The van der Waals surface area contributed by atoms with Crippen LogP contribution in [0.1, 0.15) is 11.4 Å². The van der Waals surface area contributed by atoms with Gasteiger partial charge in [0.05, 0.1) is 25.6 Å². The van der Waals surface area contributed by atoms with Gasteiger partial charge >= 0.3 is 0 Å². The van der Waals surface area contributed by atoms with E-state index in [0.29, 0.717) is 28.1 Å². The zero-order chi connectivity index (χ0) is 16.9. The molecule has 3 rings (SSSR count). The van der Waals surface area contributed by atoms with E-state index in [0.717, 1.165) is 11.4 Å². The van der Waals surface area contributed by atoms with Gasteiger partial charge in [0.25, 0.3) is 0 Å². The Kier molecular flexibility index (Phi) is 4.90. The minimum atomic E-state index is 0.611. The molecule has 0 saturated heterocycles. The van der Waals surface area contributed by atoms with Gasteiger partial charge in [0.2, 0.25) is 5.16 Å². The van der Waals surface area contributed by atoms with E-state index < -0.39 is 0 Å². The molecule has 2 heterocycles. The molecular formula is C15H16N6O2S. The maximum absolute atomic E-state index is 5.40. The lowest BCUT2D eigenvalue weighted by molar-refractivity contribution is 0.399. The maximum Gasteiger partial charge on any atom is 0.214 e. The number of hydrogen-bond acceptors (Lipinski definition) is 8. The van der Waals surface area contributed by atoms with Crippen LogP contribution in [0.5, 0.6) is 11.5 Å². The molecule has 0 saturated carbocycles. The van der Waals surface area contributed by atoms with Crippen molar-refractivity contribution < 1.29 is 9.47 Å². The summed E-state index contributed by atoms with van der Waals surface area (Å²) in [6, 6.07) is 5.46. The molecule has 0 aliphatic rings. The highest BCUT2D eigenvalue weighted by Crippen LogP contribution is 2.30. The third-order valence-corrected chi connectivity index (χ3v) is 4.19. The number of methoxy groups -OCH3 is 2. The van der Waals surface area contributed by atoms with Crippen LogP contribution in [-0.4, -0.2) is 44.4 Å². The van der Waals surface area contributed by atoms with Crippen molar-refractivity contribution in [3.63, 3.8) is 0 Å². The molecule has 9 heteroatoms. The molecule has 1 aromatic carbocycles. The maximum atomic E-state index is 5.40. The third-order valence-electron chi connectivity index (χ3n) is 3.24. The van der Waals surface area contributed by atoms with Crippen LogP contribution in [0.15, 0.2) is 35.7 Å². The second-order valence-electron chi connectivity index (χ2n) is 4.85. The van der Waals surface area contributed by atoms with Crippen LogP contribution >= 0.6 is 11.8 Å². The predicted octanol–water partition coefficient (Wildman–Crippen LogP) is 2.07. The van der Waals surface area contributed by atoms with Crippen molar-refractivity contribution in [3.8, 4) is 17.2 Å². The molecule has 2 aromatic heterocycles. The zero-order valence-electron chi connectivity index (χ0n) is 13.5. The molecule has 0 bridgehead atoms. The van der Waals surface area contributed by atoms with Crippen molar-refractivity contribution in [3.05, 3.63) is 42.0 Å². The highest BCUT2D eigenvalue weighted by molar-refractivity contribution is 7.98. The fourth-order valence-corrected chi connectivity index (χ4v) is 2.79. The first-order valence-corrected chi connectivity index (χ1v) is 8.11. The Labute approximate surface area is 143 Å². The van der Waals surface area contributed by atoms with Crippen LogP contribution in [0.2, 0.25) is 0 Å². The summed E-state index contributed by atoms with van der Waals surface area (Å²) >= 11 is 1.47. The van der Waals surface area contributed by atoms with Gasteiger partial charge in [-0.25, -0.2) is 0 Å². The number of rotatable bonds is 6. The molecular weight excluding hydrogens is 328 g/mol. The quantitative estimate of drug-likeness (QED) is 0.628. The summed E-state index contributed by atoms with van der Waals surface area (Å²) in [4.78, 5) is 8.57. The fraction of sp³-hybridized carbons (Fsp3) is 0.267. The molecule has 3 aromatic rings. The minimum Gasteiger partial charge on any atom is -0.497 e. The van der Waals surface area contributed by atoms with E-state index in [9.17, 15) is 0 Å². The second-order valence-corrected chi connectivity index (χ2v) is 5.79. The Morgan fingerprint density at radius 2 is 2.00 bits per heavy atom. The van der Waals surface area contributed by atoms with Crippen LogP contribution in [0.25, 0.3) is 5.69 Å². The van der Waals surface area contributed by atoms with Gasteiger partial charge in [-0.2, -0.15) is 4.68 Å². The van der Waals surface area contributed by atoms with E-state index in [1.54, 1.807) is 31.3 Å². The predicted molar refractivity (Wildman–Crippen MR) is 88.6 cm³/mol. The smallest absolute Gasteiger partial charge is 0.214 e. The van der Waals surface area contributed by atoms with Crippen molar-refractivity contribution in [2.24, 2.45) is 0 Å². The number of tetrazole rings is 1.